The molecule has 2 heterocycles. The summed E-state index contributed by atoms with van der Waals surface area (Å²) in [5.74, 6) is 0. The van der Waals surface area contributed by atoms with E-state index in [1.165, 1.54) is 0 Å². The van der Waals surface area contributed by atoms with Gasteiger partial charge >= 0.3 is 5.69 Å². The van der Waals surface area contributed by atoms with E-state index < -0.39 is 0 Å². The number of rotatable bonds is 2. The van der Waals surface area contributed by atoms with Crippen LogP contribution in [0, 0.1) is 25.5 Å². The zero-order valence-corrected chi connectivity index (χ0v) is 14.9. The number of aryl methyl sites for hydroxylation is 1. The first kappa shape index (κ1) is 15.9. The number of fused-ring (bicyclic) bond motifs is 1. The Morgan fingerprint density at radius 2 is 1.74 bits per heavy atom. The fourth-order valence-electron chi connectivity index (χ4n) is 3.08. The molecule has 0 saturated heterocycles. The smallest absolute Gasteiger partial charge is 0.350 e. The molecule has 0 spiro atoms. The number of benzene rings is 1. The quantitative estimate of drug-likeness (QED) is 0.670. The molecule has 7 heteroatoms. The Morgan fingerprint density at radius 1 is 1.13 bits per heavy atom. The monoisotopic (exact) mass is 346 g/mol. The highest BCUT2D eigenvalue weighted by molar-refractivity contribution is 7.80. The van der Waals surface area contributed by atoms with Crippen LogP contribution in [-0.4, -0.2) is 18.9 Å². The van der Waals surface area contributed by atoms with Gasteiger partial charge in [-0.25, -0.2) is 14.0 Å². The molecule has 3 rings (SSSR count). The lowest BCUT2D eigenvalue weighted by Gasteiger charge is -2.16. The second kappa shape index (κ2) is 5.58. The van der Waals surface area contributed by atoms with Crippen LogP contribution in [-0.2, 0) is 13.1 Å². The molecule has 0 aliphatic carbocycles. The van der Waals surface area contributed by atoms with Gasteiger partial charge in [0.05, 0.1) is 18.8 Å². The van der Waals surface area contributed by atoms with E-state index >= 15 is 0 Å². The number of nitrogens with two attached hydrogens (primary N) is 1. The van der Waals surface area contributed by atoms with Crippen molar-refractivity contribution >= 4 is 29.4 Å². The average Bonchev–Trinajstić information content (AvgIpc) is 2.76. The van der Waals surface area contributed by atoms with Crippen LogP contribution in [0.25, 0.3) is 5.69 Å². The van der Waals surface area contributed by atoms with Crippen LogP contribution in [0.2, 0.25) is 0 Å². The Hall–Kier alpha value is -1.99. The highest BCUT2D eigenvalue weighted by Crippen LogP contribution is 2.25. The van der Waals surface area contributed by atoms with Crippen LogP contribution in [0.5, 0.6) is 0 Å². The van der Waals surface area contributed by atoms with Gasteiger partial charge in [0.1, 0.15) is 4.99 Å². The maximum Gasteiger partial charge on any atom is 0.350 e. The summed E-state index contributed by atoms with van der Waals surface area (Å²) in [6.07, 6.45) is 3.99. The second-order valence-corrected chi connectivity index (χ2v) is 6.55. The SMILES string of the molecule is Cc1cc(C(N)=S)c(C)c(C)c1-n1c(=O)n2n(c1=S)CC=CC2. The van der Waals surface area contributed by atoms with Gasteiger partial charge in [-0.3, -0.25) is 4.68 Å². The number of hydrogen-bond acceptors (Lipinski definition) is 3. The van der Waals surface area contributed by atoms with Crippen LogP contribution < -0.4 is 11.4 Å². The first-order chi connectivity index (χ1) is 10.8. The van der Waals surface area contributed by atoms with Crippen molar-refractivity contribution in [1.29, 1.82) is 0 Å². The molecule has 1 aromatic carbocycles. The molecule has 2 N–H and O–H groups in total. The minimum Gasteiger partial charge on any atom is -0.389 e. The van der Waals surface area contributed by atoms with E-state index in [0.717, 1.165) is 27.9 Å². The topological polar surface area (TPSA) is 57.9 Å². The van der Waals surface area contributed by atoms with E-state index in [1.54, 1.807) is 9.25 Å². The van der Waals surface area contributed by atoms with Gasteiger partial charge < -0.3 is 5.73 Å². The predicted octanol–water partition coefficient (Wildman–Crippen LogP) is 2.30. The lowest BCUT2D eigenvalue weighted by Crippen LogP contribution is -2.28. The standard InChI is InChI=1S/C16H18N4OS2/c1-9-8-12(14(17)22)10(2)11(3)13(9)20-15(21)18-6-4-5-7-19(18)16(20)23/h4-5,8H,6-7H2,1-3H3,(H2,17,22). The molecular formula is C16H18N4OS2. The van der Waals surface area contributed by atoms with Crippen LogP contribution in [0.15, 0.2) is 23.0 Å². The van der Waals surface area contributed by atoms with Crippen molar-refractivity contribution in [3.63, 3.8) is 0 Å². The Balaban J connectivity index is 2.36. The number of thiocarbonyl (C=S) groups is 1. The largest absolute Gasteiger partial charge is 0.389 e. The summed E-state index contributed by atoms with van der Waals surface area (Å²) in [5, 5.41) is 0. The van der Waals surface area contributed by atoms with Gasteiger partial charge in [0, 0.05) is 5.56 Å². The van der Waals surface area contributed by atoms with Gasteiger partial charge in [-0.2, -0.15) is 0 Å². The molecule has 0 unspecified atom stereocenters. The molecule has 1 aliphatic heterocycles. The van der Waals surface area contributed by atoms with E-state index in [0.29, 0.717) is 22.8 Å². The third-order valence-corrected chi connectivity index (χ3v) is 5.00. The van der Waals surface area contributed by atoms with Crippen molar-refractivity contribution in [2.24, 2.45) is 5.73 Å². The van der Waals surface area contributed by atoms with Crippen LogP contribution >= 0.6 is 24.4 Å². The van der Waals surface area contributed by atoms with Crippen molar-refractivity contribution < 1.29 is 0 Å². The minimum atomic E-state index is -0.118. The summed E-state index contributed by atoms with van der Waals surface area (Å²) in [7, 11) is 0. The zero-order chi connectivity index (χ0) is 16.9. The van der Waals surface area contributed by atoms with Crippen LogP contribution in [0.3, 0.4) is 0 Å². The van der Waals surface area contributed by atoms with Crippen molar-refractivity contribution in [3.05, 3.63) is 55.7 Å². The number of hydrogen-bond donors (Lipinski definition) is 1. The molecule has 120 valence electrons. The summed E-state index contributed by atoms with van der Waals surface area (Å²) in [6.45, 7) is 7.04. The summed E-state index contributed by atoms with van der Waals surface area (Å²) in [5.41, 5.74) is 10.2. The van der Waals surface area contributed by atoms with Gasteiger partial charge in [-0.05, 0) is 55.7 Å². The Bertz CT molecular complexity index is 936. The van der Waals surface area contributed by atoms with Crippen LogP contribution in [0.1, 0.15) is 22.3 Å². The molecule has 23 heavy (non-hydrogen) atoms. The molecule has 0 radical (unpaired) electrons. The normalized spacial score (nSPS) is 13.2. The lowest BCUT2D eigenvalue weighted by atomic mass is 9.97. The first-order valence-electron chi connectivity index (χ1n) is 7.33. The molecule has 0 fully saturated rings. The fraction of sp³-hybridized carbons (Fsp3) is 0.312. The van der Waals surface area contributed by atoms with E-state index in [-0.39, 0.29) is 5.69 Å². The molecule has 5 nitrogen and oxygen atoms in total. The summed E-state index contributed by atoms with van der Waals surface area (Å²) in [6, 6.07) is 1.93. The number of aromatic nitrogens is 3. The van der Waals surface area contributed by atoms with E-state index in [1.807, 2.05) is 43.7 Å². The third-order valence-electron chi connectivity index (χ3n) is 4.38. The zero-order valence-electron chi connectivity index (χ0n) is 13.3. The van der Waals surface area contributed by atoms with E-state index in [2.05, 4.69) is 0 Å². The summed E-state index contributed by atoms with van der Waals surface area (Å²) in [4.78, 5) is 13.2. The number of allylic oxidation sites excluding steroid dienone is 2. The molecule has 0 bridgehead atoms. The molecule has 1 aliphatic rings. The Kier molecular flexibility index (Phi) is 3.85. The highest BCUT2D eigenvalue weighted by Gasteiger charge is 2.20. The van der Waals surface area contributed by atoms with Crippen molar-refractivity contribution in [3.8, 4) is 5.69 Å². The molecular weight excluding hydrogens is 328 g/mol. The lowest BCUT2D eigenvalue weighted by molar-refractivity contribution is 0.489. The fourth-order valence-corrected chi connectivity index (χ4v) is 3.64. The molecule has 1 aromatic heterocycles. The van der Waals surface area contributed by atoms with Crippen molar-refractivity contribution in [2.75, 3.05) is 0 Å². The summed E-state index contributed by atoms with van der Waals surface area (Å²) >= 11 is 10.7. The minimum absolute atomic E-state index is 0.118. The maximum absolute atomic E-state index is 12.8. The Morgan fingerprint density at radius 3 is 2.30 bits per heavy atom. The molecule has 2 aromatic rings. The first-order valence-corrected chi connectivity index (χ1v) is 8.15. The van der Waals surface area contributed by atoms with Gasteiger partial charge in [0.2, 0.25) is 4.77 Å². The molecule has 0 atom stereocenters. The predicted molar refractivity (Wildman–Crippen MR) is 98.1 cm³/mol. The van der Waals surface area contributed by atoms with Gasteiger partial charge in [-0.1, -0.05) is 24.4 Å². The molecule has 0 amide bonds. The van der Waals surface area contributed by atoms with Crippen LogP contribution in [0.4, 0.5) is 0 Å². The third kappa shape index (κ3) is 2.31. The highest BCUT2D eigenvalue weighted by atomic mass is 32.1. The molecule has 0 saturated carbocycles. The summed E-state index contributed by atoms with van der Waals surface area (Å²) < 4.78 is 5.61. The van der Waals surface area contributed by atoms with Gasteiger partial charge in [0.15, 0.2) is 0 Å². The second-order valence-electron chi connectivity index (χ2n) is 5.74. The average molecular weight is 346 g/mol. The maximum atomic E-state index is 12.8. The van der Waals surface area contributed by atoms with Gasteiger partial charge in [-0.15, -0.1) is 0 Å². The van der Waals surface area contributed by atoms with Crippen molar-refractivity contribution in [2.45, 2.75) is 33.9 Å². The Labute approximate surface area is 144 Å². The number of nitrogens with zero attached hydrogens (tertiary/aromatic N) is 3. The van der Waals surface area contributed by atoms with Crippen molar-refractivity contribution in [1.82, 2.24) is 13.9 Å². The van der Waals surface area contributed by atoms with E-state index in [4.69, 9.17) is 30.2 Å². The van der Waals surface area contributed by atoms with Gasteiger partial charge in [0.25, 0.3) is 0 Å². The van der Waals surface area contributed by atoms with E-state index in [9.17, 15) is 4.79 Å².